The van der Waals surface area contributed by atoms with Crippen LogP contribution < -0.4 is 15.5 Å². The first-order valence-corrected chi connectivity index (χ1v) is 9.92. The van der Waals surface area contributed by atoms with Gasteiger partial charge >= 0.3 is 0 Å². The van der Waals surface area contributed by atoms with Gasteiger partial charge in [0.1, 0.15) is 17.6 Å². The third kappa shape index (κ3) is 6.67. The Bertz CT molecular complexity index is 885. The predicted octanol–water partition coefficient (Wildman–Crippen LogP) is 3.89. The molecule has 6 nitrogen and oxygen atoms in total. The van der Waals surface area contributed by atoms with Gasteiger partial charge in [0.25, 0.3) is 11.8 Å². The van der Waals surface area contributed by atoms with Crippen LogP contribution >= 0.6 is 15.9 Å². The van der Waals surface area contributed by atoms with E-state index >= 15 is 0 Å². The second kappa shape index (κ2) is 10.7. The lowest BCUT2D eigenvalue weighted by Gasteiger charge is -2.20. The first kappa shape index (κ1) is 22.5. The molecule has 0 radical (unpaired) electrons. The molecule has 29 heavy (non-hydrogen) atoms. The van der Waals surface area contributed by atoms with Crippen LogP contribution in [0.25, 0.3) is 0 Å². The van der Waals surface area contributed by atoms with Crippen molar-refractivity contribution < 1.29 is 18.7 Å². The summed E-state index contributed by atoms with van der Waals surface area (Å²) >= 11 is 3.42. The third-order valence-electron chi connectivity index (χ3n) is 3.99. The van der Waals surface area contributed by atoms with E-state index in [1.54, 1.807) is 6.07 Å². The highest BCUT2D eigenvalue weighted by Crippen LogP contribution is 2.25. The highest BCUT2D eigenvalue weighted by atomic mass is 79.9. The summed E-state index contributed by atoms with van der Waals surface area (Å²) < 4.78 is 19.2. The number of nitrogens with zero attached hydrogens (tertiary/aromatic N) is 1. The number of hydrazone groups is 1. The molecule has 154 valence electrons. The number of carbonyl (C=O) groups is 2. The monoisotopic (exact) mass is 463 g/mol. The maximum Gasteiger partial charge on any atom is 0.262 e. The third-order valence-corrected chi connectivity index (χ3v) is 4.61. The first-order valence-electron chi connectivity index (χ1n) is 9.13. The van der Waals surface area contributed by atoms with Crippen molar-refractivity contribution in [3.63, 3.8) is 0 Å². The average molecular weight is 464 g/mol. The van der Waals surface area contributed by atoms with Crippen molar-refractivity contribution >= 4 is 34.0 Å². The molecule has 2 N–H and O–H groups in total. The fourth-order valence-corrected chi connectivity index (χ4v) is 2.98. The van der Waals surface area contributed by atoms with E-state index in [9.17, 15) is 14.0 Å². The van der Waals surface area contributed by atoms with Crippen LogP contribution in [0.2, 0.25) is 0 Å². The molecule has 2 rings (SSSR count). The summed E-state index contributed by atoms with van der Waals surface area (Å²) in [5, 5.41) is 6.63. The Balaban J connectivity index is 2.00. The number of hydrogen-bond donors (Lipinski definition) is 2. The van der Waals surface area contributed by atoms with E-state index < -0.39 is 23.7 Å². The minimum Gasteiger partial charge on any atom is -0.493 e. The van der Waals surface area contributed by atoms with E-state index in [-0.39, 0.29) is 11.5 Å². The fraction of sp³-hybridized carbons (Fsp3) is 0.286. The van der Waals surface area contributed by atoms with E-state index in [1.165, 1.54) is 30.5 Å². The molecule has 0 fully saturated rings. The van der Waals surface area contributed by atoms with Crippen molar-refractivity contribution in [3.8, 4) is 5.75 Å². The number of benzene rings is 2. The maximum atomic E-state index is 13.0. The minimum absolute atomic E-state index is 0.172. The summed E-state index contributed by atoms with van der Waals surface area (Å²) in [6, 6.07) is 9.74. The van der Waals surface area contributed by atoms with Crippen molar-refractivity contribution in [1.82, 2.24) is 10.7 Å². The van der Waals surface area contributed by atoms with Crippen molar-refractivity contribution in [3.05, 3.63) is 63.9 Å². The lowest BCUT2D eigenvalue weighted by Crippen LogP contribution is -2.48. The molecular weight excluding hydrogens is 441 g/mol. The van der Waals surface area contributed by atoms with Crippen molar-refractivity contribution in [1.29, 1.82) is 0 Å². The van der Waals surface area contributed by atoms with Gasteiger partial charge in [0.15, 0.2) is 0 Å². The molecule has 0 saturated carbocycles. The van der Waals surface area contributed by atoms with E-state index in [0.29, 0.717) is 6.61 Å². The zero-order valence-corrected chi connectivity index (χ0v) is 18.0. The summed E-state index contributed by atoms with van der Waals surface area (Å²) in [7, 11) is 0. The molecule has 1 unspecified atom stereocenters. The minimum atomic E-state index is -0.795. The van der Waals surface area contributed by atoms with Gasteiger partial charge in [-0.25, -0.2) is 9.82 Å². The van der Waals surface area contributed by atoms with E-state index in [1.807, 2.05) is 32.9 Å². The summed E-state index contributed by atoms with van der Waals surface area (Å²) in [6.07, 6.45) is 1.50. The molecule has 2 amide bonds. The molecule has 0 aliphatic carbocycles. The van der Waals surface area contributed by atoms with Crippen LogP contribution in [-0.4, -0.2) is 30.7 Å². The molecule has 0 spiro atoms. The summed E-state index contributed by atoms with van der Waals surface area (Å²) in [5.41, 5.74) is 3.48. The second-order valence-electron chi connectivity index (χ2n) is 6.56. The second-order valence-corrected chi connectivity index (χ2v) is 7.41. The Morgan fingerprint density at radius 2 is 1.90 bits per heavy atom. The van der Waals surface area contributed by atoms with Gasteiger partial charge in [0.05, 0.1) is 17.3 Å². The molecule has 2 aromatic carbocycles. The molecule has 0 aliphatic heterocycles. The molecule has 0 bridgehead atoms. The van der Waals surface area contributed by atoms with Gasteiger partial charge in [-0.05, 0) is 76.8 Å². The number of carbonyl (C=O) groups excluding carboxylic acids is 2. The molecule has 0 saturated heterocycles. The zero-order chi connectivity index (χ0) is 21.4. The van der Waals surface area contributed by atoms with Gasteiger partial charge in [-0.2, -0.15) is 5.10 Å². The largest absolute Gasteiger partial charge is 0.493 e. The van der Waals surface area contributed by atoms with Crippen molar-refractivity contribution in [2.45, 2.75) is 26.8 Å². The lowest BCUT2D eigenvalue weighted by molar-refractivity contribution is -0.123. The summed E-state index contributed by atoms with van der Waals surface area (Å²) in [4.78, 5) is 24.8. The van der Waals surface area contributed by atoms with Crippen LogP contribution in [0.3, 0.4) is 0 Å². The number of amides is 2. The van der Waals surface area contributed by atoms with E-state index in [0.717, 1.165) is 15.8 Å². The van der Waals surface area contributed by atoms with Crippen LogP contribution in [0.5, 0.6) is 5.75 Å². The quantitative estimate of drug-likeness (QED) is 0.460. The zero-order valence-electron chi connectivity index (χ0n) is 16.4. The Morgan fingerprint density at radius 3 is 2.48 bits per heavy atom. The lowest BCUT2D eigenvalue weighted by atomic mass is 10.0. The molecule has 0 aromatic heterocycles. The topological polar surface area (TPSA) is 79.8 Å². The van der Waals surface area contributed by atoms with Gasteiger partial charge in [-0.3, -0.25) is 9.59 Å². The molecule has 2 aromatic rings. The molecule has 0 heterocycles. The van der Waals surface area contributed by atoms with Crippen LogP contribution in [0.1, 0.15) is 36.7 Å². The Morgan fingerprint density at radius 1 is 1.21 bits per heavy atom. The maximum absolute atomic E-state index is 13.0. The van der Waals surface area contributed by atoms with Crippen molar-refractivity contribution in [2.75, 3.05) is 6.61 Å². The SMILES string of the molecule is CCOc1ccc(C=NNC(=O)C(NC(=O)c2ccc(F)cc2)C(C)C)cc1Br. The first-order chi connectivity index (χ1) is 13.8. The molecular formula is C21H23BrFN3O3. The Hall–Kier alpha value is -2.74. The number of nitrogens with one attached hydrogen (secondary N) is 2. The van der Waals surface area contributed by atoms with Gasteiger partial charge in [-0.1, -0.05) is 13.8 Å². The fourth-order valence-electron chi connectivity index (χ4n) is 2.47. The molecule has 8 heteroatoms. The normalized spacial score (nSPS) is 12.1. The Labute approximate surface area is 177 Å². The molecule has 1 atom stereocenters. The summed E-state index contributed by atoms with van der Waals surface area (Å²) in [5.74, 6) is -0.795. The Kier molecular flexibility index (Phi) is 8.33. The van der Waals surface area contributed by atoms with Crippen LogP contribution in [-0.2, 0) is 4.79 Å². The average Bonchev–Trinajstić information content (AvgIpc) is 2.68. The van der Waals surface area contributed by atoms with Gasteiger partial charge in [0.2, 0.25) is 0 Å². The number of ether oxygens (including phenoxy) is 1. The van der Waals surface area contributed by atoms with E-state index in [4.69, 9.17) is 4.74 Å². The van der Waals surface area contributed by atoms with Gasteiger partial charge < -0.3 is 10.1 Å². The highest BCUT2D eigenvalue weighted by Gasteiger charge is 2.24. The number of hydrogen-bond acceptors (Lipinski definition) is 4. The standard InChI is InChI=1S/C21H23BrFN3O3/c1-4-29-18-10-5-14(11-17(18)22)12-24-26-21(28)19(13(2)3)25-20(27)15-6-8-16(23)9-7-15/h5-13,19H,4H2,1-3H3,(H,25,27)(H,26,28). The van der Waals surface area contributed by atoms with Gasteiger partial charge in [0, 0.05) is 5.56 Å². The molecule has 0 aliphatic rings. The smallest absolute Gasteiger partial charge is 0.262 e. The van der Waals surface area contributed by atoms with E-state index in [2.05, 4.69) is 31.8 Å². The van der Waals surface area contributed by atoms with Gasteiger partial charge in [-0.15, -0.1) is 0 Å². The predicted molar refractivity (Wildman–Crippen MR) is 114 cm³/mol. The summed E-state index contributed by atoms with van der Waals surface area (Å²) in [6.45, 7) is 6.07. The van der Waals surface area contributed by atoms with Crippen LogP contribution in [0.4, 0.5) is 4.39 Å². The van der Waals surface area contributed by atoms with Crippen molar-refractivity contribution in [2.24, 2.45) is 11.0 Å². The highest BCUT2D eigenvalue weighted by molar-refractivity contribution is 9.10. The number of rotatable bonds is 8. The number of halogens is 2. The van der Waals surface area contributed by atoms with Crippen LogP contribution in [0, 0.1) is 11.7 Å². The van der Waals surface area contributed by atoms with Crippen LogP contribution in [0.15, 0.2) is 52.0 Å².